The summed E-state index contributed by atoms with van der Waals surface area (Å²) >= 11 is 0. The van der Waals surface area contributed by atoms with Crippen molar-refractivity contribution in [3.63, 3.8) is 0 Å². The van der Waals surface area contributed by atoms with Crippen molar-refractivity contribution in [3.05, 3.63) is 0 Å². The SMILES string of the molecule is CC(=O)[C@@H]1CC[C@@H]([Si](F)(C(C)C)C(C)C)C1. The van der Waals surface area contributed by atoms with E-state index in [-0.39, 0.29) is 28.3 Å². The van der Waals surface area contributed by atoms with E-state index in [0.717, 1.165) is 19.3 Å². The highest BCUT2D eigenvalue weighted by Gasteiger charge is 2.51. The third kappa shape index (κ3) is 2.39. The van der Waals surface area contributed by atoms with Crippen molar-refractivity contribution in [1.82, 2.24) is 0 Å². The minimum Gasteiger partial charge on any atom is -0.313 e. The second-order valence-corrected chi connectivity index (χ2v) is 10.7. The summed E-state index contributed by atoms with van der Waals surface area (Å²) in [6, 6.07) is 0. The molecule has 0 aromatic carbocycles. The maximum Gasteiger partial charge on any atom is 0.255 e. The van der Waals surface area contributed by atoms with Crippen molar-refractivity contribution in [3.8, 4) is 0 Å². The van der Waals surface area contributed by atoms with E-state index in [1.807, 2.05) is 27.7 Å². The first-order valence-electron chi connectivity index (χ1n) is 6.49. The predicted molar refractivity (Wildman–Crippen MR) is 68.8 cm³/mol. The molecular weight excluding hydrogens is 219 g/mol. The summed E-state index contributed by atoms with van der Waals surface area (Å²) in [5, 5.41) is 0. The van der Waals surface area contributed by atoms with E-state index in [1.54, 1.807) is 6.92 Å². The third-order valence-corrected chi connectivity index (χ3v) is 9.72. The molecule has 1 saturated carbocycles. The number of carbonyl (C=O) groups is 1. The fraction of sp³-hybridized carbons (Fsp3) is 0.923. The Morgan fingerprint density at radius 1 is 1.19 bits per heavy atom. The van der Waals surface area contributed by atoms with Crippen molar-refractivity contribution in [2.24, 2.45) is 5.92 Å². The Morgan fingerprint density at radius 3 is 2.00 bits per heavy atom. The molecule has 0 bridgehead atoms. The third-order valence-electron chi connectivity index (χ3n) is 4.40. The van der Waals surface area contributed by atoms with E-state index in [2.05, 4.69) is 0 Å². The fourth-order valence-corrected chi connectivity index (χ4v) is 7.84. The van der Waals surface area contributed by atoms with Crippen LogP contribution in [0, 0.1) is 5.92 Å². The van der Waals surface area contributed by atoms with Gasteiger partial charge in [0.2, 0.25) is 0 Å². The molecule has 0 radical (unpaired) electrons. The van der Waals surface area contributed by atoms with Crippen LogP contribution in [0.25, 0.3) is 0 Å². The van der Waals surface area contributed by atoms with Crippen LogP contribution in [-0.4, -0.2) is 14.2 Å². The molecule has 3 heteroatoms. The van der Waals surface area contributed by atoms with Crippen molar-refractivity contribution in [2.75, 3.05) is 0 Å². The summed E-state index contributed by atoms with van der Waals surface area (Å²) < 4.78 is 15.2. The number of ketones is 1. The van der Waals surface area contributed by atoms with Gasteiger partial charge in [0.25, 0.3) is 8.41 Å². The van der Waals surface area contributed by atoms with E-state index in [0.29, 0.717) is 0 Å². The van der Waals surface area contributed by atoms with Gasteiger partial charge in [-0.05, 0) is 42.8 Å². The number of hydrogen-bond donors (Lipinski definition) is 0. The molecule has 1 aliphatic rings. The fourth-order valence-electron chi connectivity index (χ4n) is 3.36. The molecule has 0 aliphatic heterocycles. The summed E-state index contributed by atoms with van der Waals surface area (Å²) in [7, 11) is -2.71. The first-order chi connectivity index (χ1) is 7.30. The van der Waals surface area contributed by atoms with Gasteiger partial charge in [0.1, 0.15) is 5.78 Å². The lowest BCUT2D eigenvalue weighted by molar-refractivity contribution is -0.120. The standard InChI is InChI=1S/C13H25FOSi/c1-9(2)16(14,10(3)4)13-7-6-12(8-13)11(5)15/h9-10,12-13H,6-8H2,1-5H3/t12-,13-/m1/s1. The average Bonchev–Trinajstić information content (AvgIpc) is 2.64. The Morgan fingerprint density at radius 2 is 1.69 bits per heavy atom. The van der Waals surface area contributed by atoms with Crippen LogP contribution in [0.4, 0.5) is 4.11 Å². The molecule has 1 rings (SSSR count). The van der Waals surface area contributed by atoms with Gasteiger partial charge in [-0.25, -0.2) is 0 Å². The molecule has 0 amide bonds. The first-order valence-corrected chi connectivity index (χ1v) is 8.60. The maximum atomic E-state index is 15.2. The van der Waals surface area contributed by atoms with Crippen LogP contribution in [0.5, 0.6) is 0 Å². The number of carbonyl (C=O) groups excluding carboxylic acids is 1. The van der Waals surface area contributed by atoms with E-state index in [9.17, 15) is 4.79 Å². The molecule has 2 atom stereocenters. The van der Waals surface area contributed by atoms with Crippen LogP contribution < -0.4 is 0 Å². The molecule has 1 aliphatic carbocycles. The van der Waals surface area contributed by atoms with Gasteiger partial charge in [-0.3, -0.25) is 4.79 Å². The highest BCUT2D eigenvalue weighted by molar-refractivity contribution is 6.77. The second-order valence-electron chi connectivity index (χ2n) is 5.95. The van der Waals surface area contributed by atoms with Crippen LogP contribution in [0.15, 0.2) is 0 Å². The lowest BCUT2D eigenvalue weighted by Crippen LogP contribution is -2.40. The van der Waals surface area contributed by atoms with Gasteiger partial charge < -0.3 is 4.11 Å². The Kier molecular flexibility index (Phi) is 4.33. The zero-order chi connectivity index (χ0) is 12.5. The molecule has 0 spiro atoms. The second kappa shape index (κ2) is 4.99. The summed E-state index contributed by atoms with van der Waals surface area (Å²) in [5.41, 5.74) is 0.549. The molecule has 0 aromatic rings. The molecular formula is C13H25FOSi. The molecule has 16 heavy (non-hydrogen) atoms. The summed E-state index contributed by atoms with van der Waals surface area (Å²) in [4.78, 5) is 11.4. The predicted octanol–water partition coefficient (Wildman–Crippen LogP) is 4.48. The topological polar surface area (TPSA) is 17.1 Å². The average molecular weight is 244 g/mol. The van der Waals surface area contributed by atoms with Crippen molar-refractivity contribution >= 4 is 14.2 Å². The summed E-state index contributed by atoms with van der Waals surface area (Å²) in [5.74, 6) is 0.400. The van der Waals surface area contributed by atoms with Crippen LogP contribution in [0.2, 0.25) is 16.6 Å². The summed E-state index contributed by atoms with van der Waals surface area (Å²) in [6.45, 7) is 9.74. The minimum absolute atomic E-state index is 0.144. The number of halogens is 1. The van der Waals surface area contributed by atoms with Gasteiger partial charge in [0, 0.05) is 5.92 Å². The highest BCUT2D eigenvalue weighted by atomic mass is 28.4. The van der Waals surface area contributed by atoms with E-state index >= 15 is 4.11 Å². The van der Waals surface area contributed by atoms with Gasteiger partial charge in [0.15, 0.2) is 0 Å². The van der Waals surface area contributed by atoms with E-state index < -0.39 is 8.41 Å². The lowest BCUT2D eigenvalue weighted by Gasteiger charge is -2.35. The molecule has 0 heterocycles. The monoisotopic (exact) mass is 244 g/mol. The zero-order valence-electron chi connectivity index (χ0n) is 11.2. The van der Waals surface area contributed by atoms with Crippen LogP contribution in [0.1, 0.15) is 53.9 Å². The zero-order valence-corrected chi connectivity index (χ0v) is 12.2. The largest absolute Gasteiger partial charge is 0.313 e. The quantitative estimate of drug-likeness (QED) is 0.526. The van der Waals surface area contributed by atoms with Crippen LogP contribution in [0.3, 0.4) is 0 Å². The smallest absolute Gasteiger partial charge is 0.255 e. The van der Waals surface area contributed by atoms with E-state index in [1.165, 1.54) is 0 Å². The molecule has 0 aromatic heterocycles. The van der Waals surface area contributed by atoms with Gasteiger partial charge in [-0.2, -0.15) is 0 Å². The molecule has 94 valence electrons. The van der Waals surface area contributed by atoms with Gasteiger partial charge in [0.05, 0.1) is 0 Å². The maximum absolute atomic E-state index is 15.2. The highest BCUT2D eigenvalue weighted by Crippen LogP contribution is 2.51. The normalized spacial score (nSPS) is 26.8. The first kappa shape index (κ1) is 13.9. The van der Waals surface area contributed by atoms with Crippen molar-refractivity contribution in [2.45, 2.75) is 70.5 Å². The molecule has 0 unspecified atom stereocenters. The Labute approximate surface area is 100.0 Å². The summed E-state index contributed by atoms with van der Waals surface area (Å²) in [6.07, 6.45) is 2.66. The Hall–Kier alpha value is -0.183. The van der Waals surface area contributed by atoms with Crippen molar-refractivity contribution < 1.29 is 8.90 Å². The molecule has 1 fully saturated rings. The molecule has 0 saturated heterocycles. The molecule has 1 nitrogen and oxygen atoms in total. The van der Waals surface area contributed by atoms with Crippen molar-refractivity contribution in [1.29, 1.82) is 0 Å². The van der Waals surface area contributed by atoms with Crippen LogP contribution >= 0.6 is 0 Å². The number of Topliss-reactive ketones (excluding diaryl/α,β-unsaturated/α-hetero) is 1. The number of rotatable bonds is 4. The Balaban J connectivity index is 2.80. The Bertz CT molecular complexity index is 255. The number of hydrogen-bond acceptors (Lipinski definition) is 1. The molecule has 0 N–H and O–H groups in total. The van der Waals surface area contributed by atoms with Gasteiger partial charge in [-0.1, -0.05) is 27.7 Å². The minimum atomic E-state index is -2.71. The van der Waals surface area contributed by atoms with Gasteiger partial charge >= 0.3 is 0 Å². The van der Waals surface area contributed by atoms with Crippen LogP contribution in [-0.2, 0) is 4.79 Å². The van der Waals surface area contributed by atoms with Gasteiger partial charge in [-0.15, -0.1) is 0 Å². The van der Waals surface area contributed by atoms with E-state index in [4.69, 9.17) is 0 Å². The lowest BCUT2D eigenvalue weighted by atomic mass is 10.0.